The molecule has 2 aromatic heterocycles. The van der Waals surface area contributed by atoms with Gasteiger partial charge < -0.3 is 15.0 Å². The second-order valence-electron chi connectivity index (χ2n) is 8.15. The Morgan fingerprint density at radius 1 is 1.22 bits per heavy atom. The van der Waals surface area contributed by atoms with E-state index in [1.165, 1.54) is 6.33 Å². The fourth-order valence-corrected chi connectivity index (χ4v) is 3.81. The normalized spacial score (nSPS) is 18.5. The van der Waals surface area contributed by atoms with Crippen LogP contribution in [0.5, 0.6) is 0 Å². The number of aromatic amines is 1. The average molecular weight is 435 g/mol. The first-order chi connectivity index (χ1) is 15.5. The summed E-state index contributed by atoms with van der Waals surface area (Å²) in [6.07, 6.45) is 5.17. The number of carbonyl (C=O) groups excluding carboxylic acids is 2. The highest BCUT2D eigenvalue weighted by molar-refractivity contribution is 5.92. The minimum atomic E-state index is -1.20. The van der Waals surface area contributed by atoms with Crippen molar-refractivity contribution in [3.05, 3.63) is 66.5 Å². The minimum absolute atomic E-state index is 0.0590. The zero-order chi connectivity index (χ0) is 22.6. The smallest absolute Gasteiger partial charge is 0.291 e. The van der Waals surface area contributed by atoms with Gasteiger partial charge in [0.25, 0.3) is 11.8 Å². The lowest BCUT2D eigenvalue weighted by molar-refractivity contribution is -0.157. The second-order valence-corrected chi connectivity index (χ2v) is 8.15. The zero-order valence-corrected chi connectivity index (χ0v) is 18.1. The molecule has 1 fully saturated rings. The van der Waals surface area contributed by atoms with Gasteiger partial charge in [-0.3, -0.25) is 19.7 Å². The van der Waals surface area contributed by atoms with Gasteiger partial charge in [0, 0.05) is 31.4 Å². The Hall–Kier alpha value is -3.59. The third kappa shape index (κ3) is 4.67. The fourth-order valence-electron chi connectivity index (χ4n) is 3.81. The number of pyridine rings is 1. The van der Waals surface area contributed by atoms with Gasteiger partial charge in [-0.15, -0.1) is 0 Å². The number of aromatic nitrogens is 4. The van der Waals surface area contributed by atoms with E-state index in [1.807, 2.05) is 56.4 Å². The van der Waals surface area contributed by atoms with Crippen LogP contribution in [0.15, 0.2) is 55.1 Å². The van der Waals surface area contributed by atoms with Gasteiger partial charge in [-0.1, -0.05) is 30.3 Å². The summed E-state index contributed by atoms with van der Waals surface area (Å²) in [6, 6.07) is 11.8. The molecule has 1 atom stereocenters. The van der Waals surface area contributed by atoms with Crippen LogP contribution in [-0.2, 0) is 16.0 Å². The van der Waals surface area contributed by atoms with Crippen molar-refractivity contribution in [2.75, 3.05) is 19.7 Å². The first kappa shape index (κ1) is 21.6. The van der Waals surface area contributed by atoms with Crippen LogP contribution in [0.25, 0.3) is 11.1 Å². The summed E-state index contributed by atoms with van der Waals surface area (Å²) in [6.45, 7) is 4.54. The van der Waals surface area contributed by atoms with Crippen LogP contribution in [0.3, 0.4) is 0 Å². The lowest BCUT2D eigenvalue weighted by atomic mass is 9.90. The van der Waals surface area contributed by atoms with Gasteiger partial charge in [-0.2, -0.15) is 5.10 Å². The van der Waals surface area contributed by atoms with Crippen LogP contribution in [0.1, 0.15) is 30.0 Å². The Balaban J connectivity index is 1.59. The highest BCUT2D eigenvalue weighted by Gasteiger charge is 2.45. The topological polar surface area (TPSA) is 113 Å². The maximum absolute atomic E-state index is 13.3. The van der Waals surface area contributed by atoms with Crippen LogP contribution in [0, 0.1) is 0 Å². The SMILES string of the molecule is CC(C)NC(=O)C1(Cc2ccc(-c3cccnc3)cc2)CN(C(=O)c2ncn[nH]2)CCO1. The summed E-state index contributed by atoms with van der Waals surface area (Å²) in [5.74, 6) is -0.399. The summed E-state index contributed by atoms with van der Waals surface area (Å²) in [5.41, 5.74) is 1.79. The van der Waals surface area contributed by atoms with Crippen molar-refractivity contribution in [3.8, 4) is 11.1 Å². The van der Waals surface area contributed by atoms with Gasteiger partial charge in [-0.25, -0.2) is 4.98 Å². The molecule has 1 aliphatic rings. The Kier molecular flexibility index (Phi) is 6.27. The number of hydrogen-bond donors (Lipinski definition) is 2. The molecular weight excluding hydrogens is 408 g/mol. The predicted octanol–water partition coefficient (Wildman–Crippen LogP) is 1.85. The Morgan fingerprint density at radius 3 is 2.69 bits per heavy atom. The molecule has 0 saturated carbocycles. The summed E-state index contributed by atoms with van der Waals surface area (Å²) in [5, 5.41) is 9.31. The van der Waals surface area contributed by atoms with Crippen molar-refractivity contribution in [1.29, 1.82) is 0 Å². The first-order valence-electron chi connectivity index (χ1n) is 10.6. The van der Waals surface area contributed by atoms with E-state index in [2.05, 4.69) is 25.5 Å². The number of ether oxygens (including phenoxy) is 1. The lowest BCUT2D eigenvalue weighted by Gasteiger charge is -2.41. The van der Waals surface area contributed by atoms with E-state index in [4.69, 9.17) is 4.74 Å². The molecule has 1 unspecified atom stereocenters. The van der Waals surface area contributed by atoms with Crippen LogP contribution in [-0.4, -0.2) is 68.2 Å². The standard InChI is InChI=1S/C23H26N6O3/c1-16(2)27-22(31)23(14-29(10-11-32-23)21(30)20-25-15-26-28-20)12-17-5-7-18(8-6-17)19-4-3-9-24-13-19/h3-9,13,15-16H,10-12,14H2,1-2H3,(H,27,31)(H,25,26,28). The van der Waals surface area contributed by atoms with Crippen molar-refractivity contribution in [2.24, 2.45) is 0 Å². The van der Waals surface area contributed by atoms with E-state index in [-0.39, 0.29) is 36.8 Å². The van der Waals surface area contributed by atoms with Crippen LogP contribution >= 0.6 is 0 Å². The maximum Gasteiger partial charge on any atom is 0.291 e. The van der Waals surface area contributed by atoms with E-state index < -0.39 is 5.60 Å². The van der Waals surface area contributed by atoms with Crippen LogP contribution < -0.4 is 5.32 Å². The molecule has 2 amide bonds. The van der Waals surface area contributed by atoms with Gasteiger partial charge in [0.2, 0.25) is 5.82 Å². The summed E-state index contributed by atoms with van der Waals surface area (Å²) in [4.78, 5) is 35.8. The molecule has 3 aromatic rings. The molecule has 166 valence electrons. The van der Waals surface area contributed by atoms with E-state index in [9.17, 15) is 9.59 Å². The Morgan fingerprint density at radius 2 is 2.03 bits per heavy atom. The van der Waals surface area contributed by atoms with Crippen molar-refractivity contribution < 1.29 is 14.3 Å². The number of rotatable bonds is 6. The number of nitrogens with one attached hydrogen (secondary N) is 2. The lowest BCUT2D eigenvalue weighted by Crippen LogP contribution is -2.62. The van der Waals surface area contributed by atoms with Gasteiger partial charge in [0.05, 0.1) is 13.2 Å². The molecule has 0 spiro atoms. The van der Waals surface area contributed by atoms with Gasteiger partial charge in [0.15, 0.2) is 5.60 Å². The van der Waals surface area contributed by atoms with Gasteiger partial charge >= 0.3 is 0 Å². The average Bonchev–Trinajstić information content (AvgIpc) is 3.34. The third-order valence-corrected chi connectivity index (χ3v) is 5.36. The number of H-pyrrole nitrogens is 1. The maximum atomic E-state index is 13.3. The molecular formula is C23H26N6O3. The zero-order valence-electron chi connectivity index (χ0n) is 18.1. The largest absolute Gasteiger partial charge is 0.361 e. The molecule has 1 aromatic carbocycles. The van der Waals surface area contributed by atoms with E-state index in [0.29, 0.717) is 13.0 Å². The molecule has 3 heterocycles. The van der Waals surface area contributed by atoms with Crippen molar-refractivity contribution in [2.45, 2.75) is 31.9 Å². The molecule has 1 aliphatic heterocycles. The monoisotopic (exact) mass is 434 g/mol. The molecule has 2 N–H and O–H groups in total. The number of nitrogens with zero attached hydrogens (tertiary/aromatic N) is 4. The Bertz CT molecular complexity index is 1050. The molecule has 0 radical (unpaired) electrons. The number of morpholine rings is 1. The first-order valence-corrected chi connectivity index (χ1v) is 10.6. The number of benzene rings is 1. The summed E-state index contributed by atoms with van der Waals surface area (Å²) in [7, 11) is 0. The molecule has 0 aliphatic carbocycles. The van der Waals surface area contributed by atoms with Crippen molar-refractivity contribution >= 4 is 11.8 Å². The number of amides is 2. The molecule has 4 rings (SSSR count). The predicted molar refractivity (Wildman–Crippen MR) is 118 cm³/mol. The highest BCUT2D eigenvalue weighted by atomic mass is 16.5. The Labute approximate surface area is 186 Å². The van der Waals surface area contributed by atoms with Crippen LogP contribution in [0.2, 0.25) is 0 Å². The summed E-state index contributed by atoms with van der Waals surface area (Å²) < 4.78 is 6.08. The van der Waals surface area contributed by atoms with Gasteiger partial charge in [-0.05, 0) is 36.6 Å². The molecule has 9 heteroatoms. The fraction of sp³-hybridized carbons (Fsp3) is 0.348. The van der Waals surface area contributed by atoms with E-state index in [1.54, 1.807) is 11.1 Å². The quantitative estimate of drug-likeness (QED) is 0.612. The molecule has 9 nitrogen and oxygen atoms in total. The van der Waals surface area contributed by atoms with E-state index in [0.717, 1.165) is 16.7 Å². The molecule has 1 saturated heterocycles. The third-order valence-electron chi connectivity index (χ3n) is 5.36. The molecule has 0 bridgehead atoms. The van der Waals surface area contributed by atoms with Gasteiger partial charge in [0.1, 0.15) is 6.33 Å². The second kappa shape index (κ2) is 9.27. The highest BCUT2D eigenvalue weighted by Crippen LogP contribution is 2.27. The number of carbonyl (C=O) groups is 2. The minimum Gasteiger partial charge on any atom is -0.361 e. The van der Waals surface area contributed by atoms with Crippen molar-refractivity contribution in [3.63, 3.8) is 0 Å². The summed E-state index contributed by atoms with van der Waals surface area (Å²) >= 11 is 0. The number of hydrogen-bond acceptors (Lipinski definition) is 6. The van der Waals surface area contributed by atoms with Crippen LogP contribution in [0.4, 0.5) is 0 Å². The van der Waals surface area contributed by atoms with E-state index >= 15 is 0 Å². The molecule has 32 heavy (non-hydrogen) atoms. The van der Waals surface area contributed by atoms with Crippen molar-refractivity contribution in [1.82, 2.24) is 30.4 Å².